The maximum absolute atomic E-state index is 11.7. The molecule has 0 fully saturated rings. The third kappa shape index (κ3) is 3.15. The van der Waals surface area contributed by atoms with Gasteiger partial charge in [-0.15, -0.1) is 0 Å². The summed E-state index contributed by atoms with van der Waals surface area (Å²) < 4.78 is 1.90. The Morgan fingerprint density at radius 2 is 2.11 bits per heavy atom. The van der Waals surface area contributed by atoms with Crippen LogP contribution in [0.15, 0.2) is 36.7 Å². The van der Waals surface area contributed by atoms with Crippen LogP contribution in [0.3, 0.4) is 0 Å². The zero-order chi connectivity index (χ0) is 13.8. The van der Waals surface area contributed by atoms with Crippen molar-refractivity contribution in [2.24, 2.45) is 7.05 Å². The van der Waals surface area contributed by atoms with Crippen LogP contribution in [0.4, 0.5) is 0 Å². The van der Waals surface area contributed by atoms with E-state index in [9.17, 15) is 4.79 Å². The van der Waals surface area contributed by atoms with Gasteiger partial charge in [0.15, 0.2) is 0 Å². The standard InChI is InChI=1S/C14H16ClN3O/c1-3-12(19)17-13(14-16-8-9-18(14)2)10-4-6-11(15)7-5-10/h4-9,13H,3H2,1-2H3,(H,17,19)/t13-/m0/s1. The van der Waals surface area contributed by atoms with Crippen molar-refractivity contribution in [1.82, 2.24) is 14.9 Å². The zero-order valence-electron chi connectivity index (χ0n) is 10.9. The molecule has 1 aromatic carbocycles. The van der Waals surface area contributed by atoms with Gasteiger partial charge in [-0.2, -0.15) is 0 Å². The van der Waals surface area contributed by atoms with Crippen LogP contribution in [0, 0.1) is 0 Å². The van der Waals surface area contributed by atoms with E-state index >= 15 is 0 Å². The molecule has 0 bridgehead atoms. The lowest BCUT2D eigenvalue weighted by Gasteiger charge is -2.18. The minimum absolute atomic E-state index is 0.0112. The number of amides is 1. The summed E-state index contributed by atoms with van der Waals surface area (Å²) in [5.41, 5.74) is 0.959. The first kappa shape index (κ1) is 13.6. The average molecular weight is 278 g/mol. The summed E-state index contributed by atoms with van der Waals surface area (Å²) in [5.74, 6) is 0.784. The summed E-state index contributed by atoms with van der Waals surface area (Å²) in [7, 11) is 1.91. The molecule has 0 spiro atoms. The van der Waals surface area contributed by atoms with E-state index in [0.29, 0.717) is 11.4 Å². The summed E-state index contributed by atoms with van der Waals surface area (Å²) in [6.45, 7) is 1.83. The van der Waals surface area contributed by atoms with E-state index in [0.717, 1.165) is 11.4 Å². The number of imidazole rings is 1. The molecule has 19 heavy (non-hydrogen) atoms. The van der Waals surface area contributed by atoms with Crippen LogP contribution in [0.25, 0.3) is 0 Å². The van der Waals surface area contributed by atoms with E-state index in [1.807, 2.05) is 49.0 Å². The zero-order valence-corrected chi connectivity index (χ0v) is 11.7. The second-order valence-corrected chi connectivity index (χ2v) is 4.74. The van der Waals surface area contributed by atoms with E-state index < -0.39 is 0 Å². The number of hydrogen-bond acceptors (Lipinski definition) is 2. The van der Waals surface area contributed by atoms with Crippen LogP contribution < -0.4 is 5.32 Å². The molecular formula is C14H16ClN3O. The summed E-state index contributed by atoms with van der Waals surface area (Å²) in [5, 5.41) is 3.65. The van der Waals surface area contributed by atoms with Gasteiger partial charge < -0.3 is 9.88 Å². The number of nitrogens with zero attached hydrogens (tertiary/aromatic N) is 2. The molecular weight excluding hydrogens is 262 g/mol. The van der Waals surface area contributed by atoms with Gasteiger partial charge in [0, 0.05) is 30.9 Å². The minimum Gasteiger partial charge on any atom is -0.342 e. The predicted molar refractivity (Wildman–Crippen MR) is 74.9 cm³/mol. The summed E-state index contributed by atoms with van der Waals surface area (Å²) in [4.78, 5) is 16.0. The number of benzene rings is 1. The molecule has 0 saturated carbocycles. The lowest BCUT2D eigenvalue weighted by Crippen LogP contribution is -2.30. The highest BCUT2D eigenvalue weighted by Gasteiger charge is 2.19. The fraction of sp³-hybridized carbons (Fsp3) is 0.286. The van der Waals surface area contributed by atoms with Crippen molar-refractivity contribution in [2.75, 3.05) is 0 Å². The summed E-state index contributed by atoms with van der Waals surface area (Å²) in [6, 6.07) is 7.16. The van der Waals surface area contributed by atoms with Crippen molar-refractivity contribution in [1.29, 1.82) is 0 Å². The van der Waals surface area contributed by atoms with Crippen molar-refractivity contribution in [3.63, 3.8) is 0 Å². The van der Waals surface area contributed by atoms with Crippen LogP contribution in [0.5, 0.6) is 0 Å². The highest BCUT2D eigenvalue weighted by molar-refractivity contribution is 6.30. The number of carbonyl (C=O) groups is 1. The van der Waals surface area contributed by atoms with Crippen LogP contribution in [-0.4, -0.2) is 15.5 Å². The molecule has 0 saturated heterocycles. The Hall–Kier alpha value is -1.81. The molecule has 0 aliphatic heterocycles. The molecule has 1 aromatic heterocycles. The SMILES string of the molecule is CCC(=O)N[C@@H](c1ccc(Cl)cc1)c1nccn1C. The molecule has 5 heteroatoms. The van der Waals surface area contributed by atoms with Gasteiger partial charge in [-0.25, -0.2) is 4.98 Å². The van der Waals surface area contributed by atoms with Gasteiger partial charge in [-0.1, -0.05) is 30.7 Å². The third-order valence-corrected chi connectivity index (χ3v) is 3.20. The fourth-order valence-electron chi connectivity index (χ4n) is 1.87. The molecule has 0 unspecified atom stereocenters. The third-order valence-electron chi connectivity index (χ3n) is 2.95. The molecule has 4 nitrogen and oxygen atoms in total. The van der Waals surface area contributed by atoms with Gasteiger partial charge in [-0.05, 0) is 17.7 Å². The smallest absolute Gasteiger partial charge is 0.220 e. The van der Waals surface area contributed by atoms with Crippen molar-refractivity contribution in [2.45, 2.75) is 19.4 Å². The largest absolute Gasteiger partial charge is 0.342 e. The van der Waals surface area contributed by atoms with E-state index in [2.05, 4.69) is 10.3 Å². The Kier molecular flexibility index (Phi) is 4.22. The second-order valence-electron chi connectivity index (χ2n) is 4.30. The van der Waals surface area contributed by atoms with Gasteiger partial charge in [0.25, 0.3) is 0 Å². The van der Waals surface area contributed by atoms with E-state index in [1.54, 1.807) is 6.20 Å². The average Bonchev–Trinajstić information content (AvgIpc) is 2.83. The molecule has 0 radical (unpaired) electrons. The number of nitrogens with one attached hydrogen (secondary N) is 1. The molecule has 1 heterocycles. The first-order chi connectivity index (χ1) is 9.11. The Labute approximate surface area is 117 Å². The maximum Gasteiger partial charge on any atom is 0.220 e. The Morgan fingerprint density at radius 1 is 1.42 bits per heavy atom. The van der Waals surface area contributed by atoms with Crippen molar-refractivity contribution < 1.29 is 4.79 Å². The normalized spacial score (nSPS) is 12.2. The van der Waals surface area contributed by atoms with Gasteiger partial charge in [0.1, 0.15) is 11.9 Å². The fourth-order valence-corrected chi connectivity index (χ4v) is 2.00. The molecule has 1 amide bonds. The van der Waals surface area contributed by atoms with Crippen LogP contribution in [-0.2, 0) is 11.8 Å². The number of aryl methyl sites for hydroxylation is 1. The first-order valence-electron chi connectivity index (χ1n) is 6.14. The second kappa shape index (κ2) is 5.89. The van der Waals surface area contributed by atoms with E-state index in [4.69, 9.17) is 11.6 Å². The van der Waals surface area contributed by atoms with Gasteiger partial charge in [0.05, 0.1) is 0 Å². The van der Waals surface area contributed by atoms with Crippen LogP contribution >= 0.6 is 11.6 Å². The molecule has 0 aliphatic rings. The van der Waals surface area contributed by atoms with E-state index in [1.165, 1.54) is 0 Å². The number of hydrogen-bond donors (Lipinski definition) is 1. The summed E-state index contributed by atoms with van der Waals surface area (Å²) in [6.07, 6.45) is 4.02. The quantitative estimate of drug-likeness (QED) is 0.934. The number of carbonyl (C=O) groups excluding carboxylic acids is 1. The monoisotopic (exact) mass is 277 g/mol. The molecule has 2 rings (SSSR count). The Balaban J connectivity index is 2.37. The van der Waals surface area contributed by atoms with Crippen molar-refractivity contribution in [3.05, 3.63) is 53.1 Å². The molecule has 1 atom stereocenters. The summed E-state index contributed by atoms with van der Waals surface area (Å²) >= 11 is 5.90. The van der Waals surface area contributed by atoms with Gasteiger partial charge in [0.2, 0.25) is 5.91 Å². The molecule has 0 aliphatic carbocycles. The van der Waals surface area contributed by atoms with Crippen LogP contribution in [0.1, 0.15) is 30.8 Å². The van der Waals surface area contributed by atoms with E-state index in [-0.39, 0.29) is 11.9 Å². The Bertz CT molecular complexity index is 562. The number of aromatic nitrogens is 2. The Morgan fingerprint density at radius 3 is 2.63 bits per heavy atom. The lowest BCUT2D eigenvalue weighted by molar-refractivity contribution is -0.121. The van der Waals surface area contributed by atoms with Crippen LogP contribution in [0.2, 0.25) is 5.02 Å². The first-order valence-corrected chi connectivity index (χ1v) is 6.51. The van der Waals surface area contributed by atoms with Crippen molar-refractivity contribution >= 4 is 17.5 Å². The van der Waals surface area contributed by atoms with Gasteiger partial charge >= 0.3 is 0 Å². The van der Waals surface area contributed by atoms with Crippen molar-refractivity contribution in [3.8, 4) is 0 Å². The number of halogens is 1. The predicted octanol–water partition coefficient (Wildman–Crippen LogP) is 2.69. The molecule has 100 valence electrons. The maximum atomic E-state index is 11.7. The minimum atomic E-state index is -0.260. The highest BCUT2D eigenvalue weighted by Crippen LogP contribution is 2.22. The van der Waals surface area contributed by atoms with Gasteiger partial charge in [-0.3, -0.25) is 4.79 Å². The topological polar surface area (TPSA) is 46.9 Å². The highest BCUT2D eigenvalue weighted by atomic mass is 35.5. The number of rotatable bonds is 4. The molecule has 2 aromatic rings. The lowest BCUT2D eigenvalue weighted by atomic mass is 10.1. The molecule has 1 N–H and O–H groups in total.